The fraction of sp³-hybridized carbons (Fsp3) is 0.125. The van der Waals surface area contributed by atoms with Crippen LogP contribution in [0.5, 0.6) is 0 Å². The van der Waals surface area contributed by atoms with Crippen LogP contribution in [0.3, 0.4) is 0 Å². The first-order chi connectivity index (χ1) is 15.4. The minimum Gasteiger partial charge on any atom is -0.383 e. The number of pyridine rings is 1. The van der Waals surface area contributed by atoms with Gasteiger partial charge >= 0.3 is 0 Å². The van der Waals surface area contributed by atoms with E-state index in [1.54, 1.807) is 4.57 Å². The van der Waals surface area contributed by atoms with E-state index in [2.05, 4.69) is 15.3 Å². The van der Waals surface area contributed by atoms with Crippen LogP contribution in [0.2, 0.25) is 0 Å². The van der Waals surface area contributed by atoms with Gasteiger partial charge < -0.3 is 11.1 Å². The van der Waals surface area contributed by atoms with Crippen LogP contribution in [0, 0.1) is 19.3 Å². The van der Waals surface area contributed by atoms with Gasteiger partial charge in [-0.2, -0.15) is 0 Å². The third kappa shape index (κ3) is 3.62. The number of aldehydes is 1. The molecule has 4 rings (SSSR count). The summed E-state index contributed by atoms with van der Waals surface area (Å²) >= 11 is 0. The molecule has 0 spiro atoms. The molecule has 0 amide bonds. The number of nitrogens with one attached hydrogen (secondary N) is 2. The Bertz CT molecular complexity index is 1420. The number of hydrogen-bond acceptors (Lipinski definition) is 7. The maximum Gasteiger partial charge on any atom is 0.263 e. The van der Waals surface area contributed by atoms with Crippen LogP contribution in [0.15, 0.2) is 59.7 Å². The molecule has 0 aliphatic rings. The van der Waals surface area contributed by atoms with Gasteiger partial charge in [0.15, 0.2) is 6.29 Å². The molecule has 0 unspecified atom stereocenters. The lowest BCUT2D eigenvalue weighted by Gasteiger charge is -2.18. The van der Waals surface area contributed by atoms with E-state index in [1.807, 2.05) is 62.4 Å². The van der Waals surface area contributed by atoms with Crippen LogP contribution in [0.25, 0.3) is 16.5 Å². The summed E-state index contributed by atoms with van der Waals surface area (Å²) in [5.41, 5.74) is 8.90. The van der Waals surface area contributed by atoms with Gasteiger partial charge in [-0.15, -0.1) is 0 Å². The third-order valence-electron chi connectivity index (χ3n) is 5.39. The SMILES string of the molecule is Cc1ccccc1-n1c(CNc2ncnc(N)c2C(=N)C=O)cc2cccc(C)c2c1=O. The van der Waals surface area contributed by atoms with Gasteiger partial charge in [-0.1, -0.05) is 36.4 Å². The number of aromatic nitrogens is 3. The van der Waals surface area contributed by atoms with Gasteiger partial charge in [0, 0.05) is 5.69 Å². The first-order valence-electron chi connectivity index (χ1n) is 10.0. The van der Waals surface area contributed by atoms with Crippen molar-refractivity contribution in [2.75, 3.05) is 11.1 Å². The Labute approximate surface area is 184 Å². The molecule has 0 aliphatic heterocycles. The Morgan fingerprint density at radius 3 is 2.62 bits per heavy atom. The number of carbonyl (C=O) groups excluding carboxylic acids is 1. The predicted octanol–water partition coefficient (Wildman–Crippen LogP) is 3.16. The van der Waals surface area contributed by atoms with Crippen LogP contribution in [-0.4, -0.2) is 26.5 Å². The van der Waals surface area contributed by atoms with Gasteiger partial charge in [-0.05, 0) is 42.5 Å². The van der Waals surface area contributed by atoms with Crippen molar-refractivity contribution in [1.82, 2.24) is 14.5 Å². The van der Waals surface area contributed by atoms with Crippen molar-refractivity contribution >= 4 is 34.4 Å². The van der Waals surface area contributed by atoms with Crippen molar-refractivity contribution in [3.05, 3.63) is 87.6 Å². The fourth-order valence-electron chi connectivity index (χ4n) is 3.83. The first-order valence-corrected chi connectivity index (χ1v) is 10.0. The van der Waals surface area contributed by atoms with E-state index < -0.39 is 0 Å². The molecule has 0 radical (unpaired) electrons. The van der Waals surface area contributed by atoms with E-state index in [0.717, 1.165) is 22.2 Å². The number of nitrogens with zero attached hydrogens (tertiary/aromatic N) is 3. The van der Waals surface area contributed by atoms with Crippen LogP contribution in [-0.2, 0) is 11.3 Å². The number of rotatable bonds is 6. The van der Waals surface area contributed by atoms with E-state index in [1.165, 1.54) is 6.33 Å². The Hall–Kier alpha value is -4.33. The molecule has 0 fully saturated rings. The number of benzene rings is 2. The molecule has 160 valence electrons. The highest BCUT2D eigenvalue weighted by Crippen LogP contribution is 2.23. The lowest BCUT2D eigenvalue weighted by atomic mass is 10.1. The molecule has 2 aromatic carbocycles. The van der Waals surface area contributed by atoms with E-state index in [9.17, 15) is 9.59 Å². The molecule has 8 heteroatoms. The van der Waals surface area contributed by atoms with Crippen LogP contribution < -0.4 is 16.6 Å². The van der Waals surface area contributed by atoms with E-state index in [-0.39, 0.29) is 35.0 Å². The molecule has 8 nitrogen and oxygen atoms in total. The number of aryl methyl sites for hydroxylation is 2. The molecule has 2 aromatic heterocycles. The number of nitrogens with two attached hydrogens (primary N) is 1. The fourth-order valence-corrected chi connectivity index (χ4v) is 3.83. The number of nitrogen functional groups attached to an aromatic ring is 1. The minimum atomic E-state index is -0.323. The van der Waals surface area contributed by atoms with Gasteiger partial charge in [0.2, 0.25) is 0 Å². The summed E-state index contributed by atoms with van der Waals surface area (Å²) in [6, 6.07) is 15.4. The maximum atomic E-state index is 13.6. The van der Waals surface area contributed by atoms with Gasteiger partial charge in [0.25, 0.3) is 5.56 Å². The highest BCUT2D eigenvalue weighted by atomic mass is 16.1. The quantitative estimate of drug-likeness (QED) is 0.321. The molecule has 4 aromatic rings. The van der Waals surface area contributed by atoms with Gasteiger partial charge in [0.1, 0.15) is 23.7 Å². The van der Waals surface area contributed by atoms with Gasteiger partial charge in [-0.3, -0.25) is 19.6 Å². The molecule has 0 atom stereocenters. The Kier molecular flexibility index (Phi) is 5.51. The van der Waals surface area contributed by atoms with Crippen molar-refractivity contribution in [3.63, 3.8) is 0 Å². The Balaban J connectivity index is 1.89. The molecule has 32 heavy (non-hydrogen) atoms. The monoisotopic (exact) mass is 426 g/mol. The second-order valence-corrected chi connectivity index (χ2v) is 7.47. The largest absolute Gasteiger partial charge is 0.383 e. The predicted molar refractivity (Wildman–Crippen MR) is 126 cm³/mol. The Morgan fingerprint density at radius 2 is 1.88 bits per heavy atom. The average molecular weight is 426 g/mol. The van der Waals surface area contributed by atoms with Crippen LogP contribution in [0.1, 0.15) is 22.4 Å². The summed E-state index contributed by atoms with van der Waals surface area (Å²) in [6.45, 7) is 4.09. The van der Waals surface area contributed by atoms with Crippen molar-refractivity contribution < 1.29 is 4.79 Å². The van der Waals surface area contributed by atoms with Crippen molar-refractivity contribution in [2.45, 2.75) is 20.4 Å². The minimum absolute atomic E-state index is 0.0324. The summed E-state index contributed by atoms with van der Waals surface area (Å²) in [4.78, 5) is 32.8. The molecule has 0 aliphatic carbocycles. The molecule has 2 heterocycles. The summed E-state index contributed by atoms with van der Waals surface area (Å²) in [7, 11) is 0. The summed E-state index contributed by atoms with van der Waals surface area (Å²) in [5.74, 6) is 0.285. The van der Waals surface area contributed by atoms with Crippen molar-refractivity contribution in [2.24, 2.45) is 0 Å². The normalized spacial score (nSPS) is 10.8. The second kappa shape index (κ2) is 8.43. The second-order valence-electron chi connectivity index (χ2n) is 7.47. The molecular formula is C24H22N6O2. The zero-order valence-corrected chi connectivity index (χ0v) is 17.7. The highest BCUT2D eigenvalue weighted by Gasteiger charge is 2.17. The van der Waals surface area contributed by atoms with E-state index in [0.29, 0.717) is 17.4 Å². The lowest BCUT2D eigenvalue weighted by Crippen LogP contribution is -2.25. The summed E-state index contributed by atoms with van der Waals surface area (Å²) in [6.07, 6.45) is 1.65. The van der Waals surface area contributed by atoms with E-state index >= 15 is 0 Å². The summed E-state index contributed by atoms with van der Waals surface area (Å²) in [5, 5.41) is 12.5. The molecule has 0 saturated heterocycles. The molecular weight excluding hydrogens is 404 g/mol. The third-order valence-corrected chi connectivity index (χ3v) is 5.39. The highest BCUT2D eigenvalue weighted by molar-refractivity contribution is 6.37. The van der Waals surface area contributed by atoms with Crippen molar-refractivity contribution in [3.8, 4) is 5.69 Å². The number of hydrogen-bond donors (Lipinski definition) is 3. The van der Waals surface area contributed by atoms with Crippen LogP contribution in [0.4, 0.5) is 11.6 Å². The van der Waals surface area contributed by atoms with Crippen molar-refractivity contribution in [1.29, 1.82) is 5.41 Å². The first kappa shape index (κ1) is 20.9. The van der Waals surface area contributed by atoms with Gasteiger partial charge in [0.05, 0.1) is 23.2 Å². The van der Waals surface area contributed by atoms with E-state index in [4.69, 9.17) is 11.1 Å². The van der Waals surface area contributed by atoms with Gasteiger partial charge in [-0.25, -0.2) is 9.97 Å². The number of carbonyl (C=O) groups is 1. The lowest BCUT2D eigenvalue weighted by molar-refractivity contribution is -0.102. The molecule has 4 N–H and O–H groups in total. The summed E-state index contributed by atoms with van der Waals surface area (Å²) < 4.78 is 1.69. The molecule has 0 bridgehead atoms. The standard InChI is InChI=1S/C24H22N6O2/c1-14-6-3-4-9-19(14)30-17(10-16-8-5-7-15(2)20(16)24(30)32)11-27-23-21(18(25)12-31)22(26)28-13-29-23/h3-10,12-13,25H,11H2,1-2H3,(H3,26,27,28,29). The number of fused-ring (bicyclic) bond motifs is 1. The Morgan fingerprint density at radius 1 is 1.12 bits per heavy atom. The average Bonchev–Trinajstić information content (AvgIpc) is 2.78. The van der Waals surface area contributed by atoms with Crippen LogP contribution >= 0.6 is 0 Å². The molecule has 0 saturated carbocycles. The number of para-hydroxylation sites is 1. The zero-order valence-electron chi connectivity index (χ0n) is 17.7. The smallest absolute Gasteiger partial charge is 0.263 e. The number of anilines is 2. The topological polar surface area (TPSA) is 127 Å². The zero-order chi connectivity index (χ0) is 22.8. The maximum absolute atomic E-state index is 13.6.